The third-order valence-electron chi connectivity index (χ3n) is 4.14. The van der Waals surface area contributed by atoms with Crippen molar-refractivity contribution in [3.05, 3.63) is 47.0 Å². The number of furan rings is 1. The zero-order valence-corrected chi connectivity index (χ0v) is 15.2. The summed E-state index contributed by atoms with van der Waals surface area (Å²) in [5.41, 5.74) is 3.32. The number of rotatable bonds is 4. The first-order valence-electron chi connectivity index (χ1n) is 8.24. The van der Waals surface area contributed by atoms with E-state index < -0.39 is 0 Å². The number of carbonyl (C=O) groups is 1. The van der Waals surface area contributed by atoms with Crippen molar-refractivity contribution >= 4 is 50.7 Å². The van der Waals surface area contributed by atoms with E-state index in [0.29, 0.717) is 39.3 Å². The van der Waals surface area contributed by atoms with Crippen LogP contribution in [0, 0.1) is 0 Å². The van der Waals surface area contributed by atoms with E-state index in [9.17, 15) is 4.79 Å². The first kappa shape index (κ1) is 16.8. The van der Waals surface area contributed by atoms with E-state index in [-0.39, 0.29) is 5.91 Å². The highest BCUT2D eigenvalue weighted by Crippen LogP contribution is 2.32. The molecular formula is C19H17ClN4O2. The van der Waals surface area contributed by atoms with Gasteiger partial charge in [-0.2, -0.15) is 0 Å². The van der Waals surface area contributed by atoms with Gasteiger partial charge in [0.2, 0.25) is 5.71 Å². The van der Waals surface area contributed by atoms with Crippen LogP contribution >= 0.6 is 11.6 Å². The first-order chi connectivity index (χ1) is 12.5. The molecule has 0 aliphatic heterocycles. The van der Waals surface area contributed by atoms with E-state index in [1.54, 1.807) is 12.1 Å². The van der Waals surface area contributed by atoms with Gasteiger partial charge in [-0.1, -0.05) is 23.7 Å². The van der Waals surface area contributed by atoms with Crippen LogP contribution in [-0.4, -0.2) is 48.0 Å². The molecule has 0 radical (unpaired) electrons. The third-order valence-corrected chi connectivity index (χ3v) is 4.35. The smallest absolute Gasteiger partial charge is 0.255 e. The van der Waals surface area contributed by atoms with Gasteiger partial charge in [0.1, 0.15) is 5.52 Å². The Hall–Kier alpha value is -2.70. The molecule has 0 spiro atoms. The number of nitrogens with one attached hydrogen (secondary N) is 1. The molecule has 2 aromatic carbocycles. The zero-order valence-electron chi connectivity index (χ0n) is 14.4. The molecule has 0 atom stereocenters. The summed E-state index contributed by atoms with van der Waals surface area (Å²) in [7, 11) is 3.90. The number of hydrogen-bond donors (Lipinski definition) is 1. The van der Waals surface area contributed by atoms with E-state index in [4.69, 9.17) is 16.0 Å². The van der Waals surface area contributed by atoms with Crippen molar-refractivity contribution in [1.82, 2.24) is 20.2 Å². The van der Waals surface area contributed by atoms with E-state index in [0.717, 1.165) is 17.6 Å². The average Bonchev–Trinajstić information content (AvgIpc) is 2.96. The van der Waals surface area contributed by atoms with Gasteiger partial charge in [-0.3, -0.25) is 4.79 Å². The molecule has 2 heterocycles. The number of fused-ring (bicyclic) bond motifs is 4. The molecule has 2 aromatic heterocycles. The van der Waals surface area contributed by atoms with Crippen molar-refractivity contribution in [2.75, 3.05) is 27.2 Å². The van der Waals surface area contributed by atoms with Gasteiger partial charge < -0.3 is 14.6 Å². The molecule has 1 N–H and O–H groups in total. The van der Waals surface area contributed by atoms with E-state index in [1.165, 1.54) is 0 Å². The lowest BCUT2D eigenvalue weighted by Gasteiger charge is -2.10. The zero-order chi connectivity index (χ0) is 18.3. The lowest BCUT2D eigenvalue weighted by molar-refractivity contribution is 0.0952. The molecule has 0 fully saturated rings. The Morgan fingerprint density at radius 2 is 1.92 bits per heavy atom. The van der Waals surface area contributed by atoms with Crippen LogP contribution in [0.5, 0.6) is 0 Å². The molecule has 7 heteroatoms. The summed E-state index contributed by atoms with van der Waals surface area (Å²) in [5, 5.41) is 4.02. The Balaban J connectivity index is 1.85. The van der Waals surface area contributed by atoms with Crippen LogP contribution in [-0.2, 0) is 0 Å². The largest absolute Gasteiger partial charge is 0.435 e. The minimum Gasteiger partial charge on any atom is -0.435 e. The second-order valence-electron chi connectivity index (χ2n) is 6.36. The number of carbonyl (C=O) groups excluding carboxylic acids is 1. The van der Waals surface area contributed by atoms with Gasteiger partial charge in [0.25, 0.3) is 5.91 Å². The number of halogens is 1. The SMILES string of the molecule is CN(C)CCNC(=O)c1cc(Cl)cc2c1oc1nc3ccccc3nc12. The van der Waals surface area contributed by atoms with E-state index in [2.05, 4.69) is 15.3 Å². The fourth-order valence-electron chi connectivity index (χ4n) is 2.86. The summed E-state index contributed by atoms with van der Waals surface area (Å²) in [6.07, 6.45) is 0. The minimum atomic E-state index is -0.233. The summed E-state index contributed by atoms with van der Waals surface area (Å²) >= 11 is 6.25. The van der Waals surface area contributed by atoms with Gasteiger partial charge in [-0.05, 0) is 38.4 Å². The molecule has 0 unspecified atom stereocenters. The van der Waals surface area contributed by atoms with Crippen LogP contribution in [0.2, 0.25) is 5.02 Å². The highest BCUT2D eigenvalue weighted by molar-refractivity contribution is 6.32. The molecule has 0 aliphatic rings. The van der Waals surface area contributed by atoms with Gasteiger partial charge in [-0.25, -0.2) is 9.97 Å². The number of likely N-dealkylation sites (N-methyl/N-ethyl adjacent to an activating group) is 1. The lowest BCUT2D eigenvalue weighted by atomic mass is 10.1. The second-order valence-corrected chi connectivity index (χ2v) is 6.79. The summed E-state index contributed by atoms with van der Waals surface area (Å²) in [4.78, 5) is 23.8. The molecule has 0 saturated carbocycles. The van der Waals surface area contributed by atoms with Crippen LogP contribution in [0.3, 0.4) is 0 Å². The third kappa shape index (κ3) is 2.98. The molecule has 132 valence electrons. The van der Waals surface area contributed by atoms with E-state index >= 15 is 0 Å². The van der Waals surface area contributed by atoms with Crippen molar-refractivity contribution in [2.45, 2.75) is 0 Å². The molecular weight excluding hydrogens is 352 g/mol. The number of nitrogens with zero attached hydrogens (tertiary/aromatic N) is 3. The summed E-state index contributed by atoms with van der Waals surface area (Å²) in [5.74, 6) is -0.233. The Kier molecular flexibility index (Phi) is 4.22. The van der Waals surface area contributed by atoms with Crippen molar-refractivity contribution in [1.29, 1.82) is 0 Å². The van der Waals surface area contributed by atoms with E-state index in [1.807, 2.05) is 43.3 Å². The quantitative estimate of drug-likeness (QED) is 0.597. The maximum atomic E-state index is 12.6. The highest BCUT2D eigenvalue weighted by Gasteiger charge is 2.19. The Labute approximate surface area is 154 Å². The van der Waals surface area contributed by atoms with Crippen molar-refractivity contribution in [2.24, 2.45) is 0 Å². The van der Waals surface area contributed by atoms with Crippen LogP contribution in [0.15, 0.2) is 40.8 Å². The van der Waals surface area contributed by atoms with Gasteiger partial charge >= 0.3 is 0 Å². The lowest BCUT2D eigenvalue weighted by Crippen LogP contribution is -2.31. The van der Waals surface area contributed by atoms with Crippen LogP contribution in [0.25, 0.3) is 33.2 Å². The molecule has 4 rings (SSSR count). The maximum Gasteiger partial charge on any atom is 0.255 e. The average molecular weight is 369 g/mol. The van der Waals surface area contributed by atoms with Crippen molar-refractivity contribution in [3.63, 3.8) is 0 Å². The normalized spacial score (nSPS) is 11.7. The second kappa shape index (κ2) is 6.55. The number of amides is 1. The number of para-hydroxylation sites is 2. The number of benzene rings is 2. The van der Waals surface area contributed by atoms with Crippen molar-refractivity contribution < 1.29 is 9.21 Å². The summed E-state index contributed by atoms with van der Waals surface area (Å²) in [6, 6.07) is 10.9. The molecule has 4 aromatic rings. The monoisotopic (exact) mass is 368 g/mol. The minimum absolute atomic E-state index is 0.233. The van der Waals surface area contributed by atoms with Gasteiger partial charge in [-0.15, -0.1) is 0 Å². The fraction of sp³-hybridized carbons (Fsp3) is 0.211. The summed E-state index contributed by atoms with van der Waals surface area (Å²) in [6.45, 7) is 1.27. The standard InChI is InChI=1S/C19H17ClN4O2/c1-24(2)8-7-21-18(25)13-10-11(20)9-12-16-19(26-17(12)13)23-15-6-4-3-5-14(15)22-16/h3-6,9-10H,7-8H2,1-2H3,(H,21,25). The predicted molar refractivity (Wildman–Crippen MR) is 103 cm³/mol. The highest BCUT2D eigenvalue weighted by atomic mass is 35.5. The van der Waals surface area contributed by atoms with Gasteiger partial charge in [0, 0.05) is 18.1 Å². The molecule has 26 heavy (non-hydrogen) atoms. The topological polar surface area (TPSA) is 71.3 Å². The van der Waals surface area contributed by atoms with Gasteiger partial charge in [0.15, 0.2) is 5.58 Å². The fourth-order valence-corrected chi connectivity index (χ4v) is 3.08. The van der Waals surface area contributed by atoms with Crippen LogP contribution < -0.4 is 5.32 Å². The molecule has 6 nitrogen and oxygen atoms in total. The number of aromatic nitrogens is 2. The molecule has 0 aliphatic carbocycles. The Morgan fingerprint density at radius 3 is 2.65 bits per heavy atom. The Bertz CT molecular complexity index is 1140. The Morgan fingerprint density at radius 1 is 1.19 bits per heavy atom. The maximum absolute atomic E-state index is 12.6. The first-order valence-corrected chi connectivity index (χ1v) is 8.62. The molecule has 0 bridgehead atoms. The summed E-state index contributed by atoms with van der Waals surface area (Å²) < 4.78 is 5.89. The van der Waals surface area contributed by atoms with Crippen LogP contribution in [0.4, 0.5) is 0 Å². The van der Waals surface area contributed by atoms with Crippen molar-refractivity contribution in [3.8, 4) is 0 Å². The number of hydrogen-bond acceptors (Lipinski definition) is 5. The van der Waals surface area contributed by atoms with Crippen LogP contribution in [0.1, 0.15) is 10.4 Å². The molecule has 1 amide bonds. The molecule has 0 saturated heterocycles. The van der Waals surface area contributed by atoms with Gasteiger partial charge in [0.05, 0.1) is 22.0 Å². The predicted octanol–water partition coefficient (Wildman–Crippen LogP) is 3.47.